The molecule has 2 N–H and O–H groups in total. The summed E-state index contributed by atoms with van der Waals surface area (Å²) in [6.45, 7) is 3.93. The summed E-state index contributed by atoms with van der Waals surface area (Å²) in [6, 6.07) is 0. The van der Waals surface area contributed by atoms with E-state index in [1.54, 1.807) is 0 Å². The number of aliphatic hydroxyl groups excluding tert-OH is 1. The maximum absolute atomic E-state index is 11.7. The van der Waals surface area contributed by atoms with Crippen molar-refractivity contribution in [2.75, 3.05) is 32.8 Å². The van der Waals surface area contributed by atoms with Crippen molar-refractivity contribution in [3.63, 3.8) is 0 Å². The molecule has 0 aromatic heterocycles. The van der Waals surface area contributed by atoms with Crippen LogP contribution in [0.2, 0.25) is 0 Å². The summed E-state index contributed by atoms with van der Waals surface area (Å²) >= 11 is 0. The molecule has 0 aromatic carbocycles. The minimum Gasteiger partial charge on any atom is -0.396 e. The van der Waals surface area contributed by atoms with E-state index in [0.29, 0.717) is 18.3 Å². The molecular weight excluding hydrogens is 192 g/mol. The van der Waals surface area contributed by atoms with Gasteiger partial charge in [0.2, 0.25) is 5.91 Å². The number of nitrogens with one attached hydrogen (secondary N) is 1. The van der Waals surface area contributed by atoms with Crippen molar-refractivity contribution in [1.82, 2.24) is 10.2 Å². The van der Waals surface area contributed by atoms with E-state index >= 15 is 0 Å². The Morgan fingerprint density at radius 3 is 2.80 bits per heavy atom. The van der Waals surface area contributed by atoms with Gasteiger partial charge in [0.1, 0.15) is 0 Å². The van der Waals surface area contributed by atoms with Crippen LogP contribution in [0.5, 0.6) is 0 Å². The first-order valence-electron chi connectivity index (χ1n) is 5.89. The second-order valence-electron chi connectivity index (χ2n) is 4.74. The van der Waals surface area contributed by atoms with Gasteiger partial charge in [-0.25, -0.2) is 0 Å². The molecule has 0 saturated carbocycles. The Kier molecular flexibility index (Phi) is 3.59. The Morgan fingerprint density at radius 1 is 1.40 bits per heavy atom. The van der Waals surface area contributed by atoms with E-state index in [1.807, 2.05) is 4.90 Å². The quantitative estimate of drug-likeness (QED) is 0.680. The summed E-state index contributed by atoms with van der Waals surface area (Å²) in [7, 11) is 0. The molecule has 15 heavy (non-hydrogen) atoms. The molecule has 4 heteroatoms. The average Bonchev–Trinajstić information content (AvgIpc) is 2.65. The molecule has 0 radical (unpaired) electrons. The van der Waals surface area contributed by atoms with Gasteiger partial charge in [0.15, 0.2) is 0 Å². The van der Waals surface area contributed by atoms with Crippen molar-refractivity contribution in [2.24, 2.45) is 11.8 Å². The first-order chi connectivity index (χ1) is 7.29. The fraction of sp³-hybridized carbons (Fsp3) is 0.909. The molecule has 4 nitrogen and oxygen atoms in total. The van der Waals surface area contributed by atoms with Crippen molar-refractivity contribution >= 4 is 5.91 Å². The fourth-order valence-corrected chi connectivity index (χ4v) is 2.34. The summed E-state index contributed by atoms with van der Waals surface area (Å²) in [5.74, 6) is 1.30. The number of carbonyl (C=O) groups is 1. The van der Waals surface area contributed by atoms with E-state index in [0.717, 1.165) is 32.6 Å². The van der Waals surface area contributed by atoms with Crippen LogP contribution in [0.15, 0.2) is 0 Å². The van der Waals surface area contributed by atoms with Crippen LogP contribution in [-0.2, 0) is 4.79 Å². The van der Waals surface area contributed by atoms with Gasteiger partial charge in [0, 0.05) is 32.0 Å². The van der Waals surface area contributed by atoms with E-state index in [2.05, 4.69) is 5.32 Å². The van der Waals surface area contributed by atoms with Gasteiger partial charge < -0.3 is 15.3 Å². The topological polar surface area (TPSA) is 52.6 Å². The van der Waals surface area contributed by atoms with Crippen molar-refractivity contribution in [2.45, 2.75) is 19.3 Å². The summed E-state index contributed by atoms with van der Waals surface area (Å²) in [4.78, 5) is 13.5. The molecule has 1 unspecified atom stereocenters. The van der Waals surface area contributed by atoms with E-state index in [9.17, 15) is 4.79 Å². The van der Waals surface area contributed by atoms with Gasteiger partial charge in [0.25, 0.3) is 0 Å². The third kappa shape index (κ3) is 2.69. The lowest BCUT2D eigenvalue weighted by molar-refractivity contribution is -0.138. The number of amides is 1. The summed E-state index contributed by atoms with van der Waals surface area (Å²) < 4.78 is 0. The number of likely N-dealkylation sites (tertiary alicyclic amines) is 1. The van der Waals surface area contributed by atoms with Crippen LogP contribution in [0.1, 0.15) is 19.3 Å². The Balaban J connectivity index is 1.61. The van der Waals surface area contributed by atoms with Crippen LogP contribution in [0.25, 0.3) is 0 Å². The van der Waals surface area contributed by atoms with Crippen LogP contribution < -0.4 is 5.32 Å². The summed E-state index contributed by atoms with van der Waals surface area (Å²) in [6.07, 6.45) is 2.92. The maximum atomic E-state index is 11.7. The third-order valence-corrected chi connectivity index (χ3v) is 3.50. The molecule has 2 aliphatic rings. The molecule has 0 spiro atoms. The zero-order valence-corrected chi connectivity index (χ0v) is 9.11. The van der Waals surface area contributed by atoms with Crippen molar-refractivity contribution in [3.05, 3.63) is 0 Å². The van der Waals surface area contributed by atoms with Crippen LogP contribution in [0.3, 0.4) is 0 Å². The highest BCUT2D eigenvalue weighted by molar-refractivity contribution is 5.77. The summed E-state index contributed by atoms with van der Waals surface area (Å²) in [5.41, 5.74) is 0. The number of hydrogen-bond acceptors (Lipinski definition) is 3. The Morgan fingerprint density at radius 2 is 2.20 bits per heavy atom. The third-order valence-electron chi connectivity index (χ3n) is 3.50. The average molecular weight is 212 g/mol. The summed E-state index contributed by atoms with van der Waals surface area (Å²) in [5, 5.41) is 12.2. The van der Waals surface area contributed by atoms with Gasteiger partial charge in [0.05, 0.1) is 0 Å². The van der Waals surface area contributed by atoms with Crippen LogP contribution in [0, 0.1) is 11.8 Å². The molecule has 1 amide bonds. The number of nitrogens with zero attached hydrogens (tertiary/aromatic N) is 1. The lowest BCUT2D eigenvalue weighted by Crippen LogP contribution is -2.51. The zero-order valence-electron chi connectivity index (χ0n) is 9.11. The number of aliphatic hydroxyl groups is 1. The predicted molar refractivity (Wildman–Crippen MR) is 57.4 cm³/mol. The molecule has 1 atom stereocenters. The SMILES string of the molecule is O=C(CCC1CCNC1)N1CC(CO)C1. The monoisotopic (exact) mass is 212 g/mol. The van der Waals surface area contributed by atoms with Crippen LogP contribution in [0.4, 0.5) is 0 Å². The molecule has 2 aliphatic heterocycles. The highest BCUT2D eigenvalue weighted by atomic mass is 16.3. The van der Waals surface area contributed by atoms with E-state index in [1.165, 1.54) is 6.42 Å². The van der Waals surface area contributed by atoms with Gasteiger partial charge in [-0.3, -0.25) is 4.79 Å². The highest BCUT2D eigenvalue weighted by Crippen LogP contribution is 2.19. The molecule has 0 aliphatic carbocycles. The minimum atomic E-state index is 0.219. The second-order valence-corrected chi connectivity index (χ2v) is 4.74. The zero-order chi connectivity index (χ0) is 10.7. The number of carbonyl (C=O) groups excluding carboxylic acids is 1. The maximum Gasteiger partial charge on any atom is 0.222 e. The lowest BCUT2D eigenvalue weighted by Gasteiger charge is -2.38. The fourth-order valence-electron chi connectivity index (χ4n) is 2.34. The standard InChI is InChI=1S/C11H20N2O2/c14-8-10-6-13(7-10)11(15)2-1-9-3-4-12-5-9/h9-10,12,14H,1-8H2. The van der Waals surface area contributed by atoms with Gasteiger partial charge in [-0.1, -0.05) is 0 Å². The molecule has 0 aromatic rings. The van der Waals surface area contributed by atoms with Crippen LogP contribution in [-0.4, -0.2) is 48.7 Å². The first kappa shape index (κ1) is 10.9. The van der Waals surface area contributed by atoms with Gasteiger partial charge >= 0.3 is 0 Å². The van der Waals surface area contributed by atoms with Gasteiger partial charge in [-0.15, -0.1) is 0 Å². The number of rotatable bonds is 4. The molecule has 2 heterocycles. The van der Waals surface area contributed by atoms with E-state index in [-0.39, 0.29) is 12.5 Å². The molecule has 0 bridgehead atoms. The smallest absolute Gasteiger partial charge is 0.222 e. The second kappa shape index (κ2) is 4.94. The van der Waals surface area contributed by atoms with Crippen LogP contribution >= 0.6 is 0 Å². The van der Waals surface area contributed by atoms with Gasteiger partial charge in [-0.2, -0.15) is 0 Å². The Hall–Kier alpha value is -0.610. The molecular formula is C11H20N2O2. The van der Waals surface area contributed by atoms with E-state index < -0.39 is 0 Å². The van der Waals surface area contributed by atoms with E-state index in [4.69, 9.17) is 5.11 Å². The largest absolute Gasteiger partial charge is 0.396 e. The normalized spacial score (nSPS) is 26.7. The molecule has 2 fully saturated rings. The first-order valence-corrected chi connectivity index (χ1v) is 5.89. The molecule has 2 saturated heterocycles. The van der Waals surface area contributed by atoms with Crippen molar-refractivity contribution in [1.29, 1.82) is 0 Å². The Bertz CT molecular complexity index is 221. The van der Waals surface area contributed by atoms with Gasteiger partial charge in [-0.05, 0) is 31.8 Å². The molecule has 86 valence electrons. The Labute approximate surface area is 90.6 Å². The molecule has 2 rings (SSSR count). The highest BCUT2D eigenvalue weighted by Gasteiger charge is 2.29. The van der Waals surface area contributed by atoms with Crippen molar-refractivity contribution in [3.8, 4) is 0 Å². The lowest BCUT2D eigenvalue weighted by atomic mass is 9.98. The number of hydrogen-bond donors (Lipinski definition) is 2. The predicted octanol–water partition coefficient (Wildman–Crippen LogP) is -0.173. The van der Waals surface area contributed by atoms with Crippen molar-refractivity contribution < 1.29 is 9.90 Å². The minimum absolute atomic E-state index is 0.219.